The Hall–Kier alpha value is -3.22. The Kier molecular flexibility index (Phi) is 6.14. The van der Waals surface area contributed by atoms with Crippen LogP contribution in [-0.4, -0.2) is 7.11 Å². The molecule has 0 bridgehead atoms. The lowest BCUT2D eigenvalue weighted by atomic mass is 10.0. The smallest absolute Gasteiger partial charge is 0.161 e. The number of hydrogen-bond acceptors (Lipinski definition) is 3. The molecule has 0 radical (unpaired) electrons. The molecule has 0 unspecified atom stereocenters. The lowest BCUT2D eigenvalue weighted by Crippen LogP contribution is -1.97. The molecule has 0 aromatic heterocycles. The second-order valence-corrected chi connectivity index (χ2v) is 6.30. The van der Waals surface area contributed by atoms with E-state index in [1.807, 2.05) is 60.7 Å². The minimum Gasteiger partial charge on any atom is -0.493 e. The molecule has 3 aromatic carbocycles. The number of rotatable bonds is 6. The molecule has 0 aliphatic carbocycles. The van der Waals surface area contributed by atoms with Gasteiger partial charge in [-0.05, 0) is 47.0 Å². The van der Waals surface area contributed by atoms with E-state index in [-0.39, 0.29) is 0 Å². The summed E-state index contributed by atoms with van der Waals surface area (Å²) in [7, 11) is 1.60. The largest absolute Gasteiger partial charge is 0.493 e. The van der Waals surface area contributed by atoms with E-state index in [0.29, 0.717) is 28.7 Å². The summed E-state index contributed by atoms with van der Waals surface area (Å²) in [6.45, 7) is 0.457. The molecule has 0 atom stereocenters. The Labute approximate surface area is 164 Å². The van der Waals surface area contributed by atoms with E-state index in [0.717, 1.165) is 16.7 Å². The quantitative estimate of drug-likeness (QED) is 0.392. The molecule has 0 N–H and O–H groups in total. The molecule has 3 nitrogen and oxygen atoms in total. The summed E-state index contributed by atoms with van der Waals surface area (Å²) < 4.78 is 11.3. The van der Waals surface area contributed by atoms with Gasteiger partial charge in [0.25, 0.3) is 0 Å². The molecular weight excluding hydrogens is 358 g/mol. The number of nitriles is 1. The normalized spacial score (nSPS) is 10.9. The van der Waals surface area contributed by atoms with E-state index in [1.165, 1.54) is 0 Å². The van der Waals surface area contributed by atoms with Crippen LogP contribution in [0.2, 0.25) is 5.02 Å². The van der Waals surface area contributed by atoms with Crippen molar-refractivity contribution >= 4 is 23.3 Å². The Morgan fingerprint density at radius 3 is 2.52 bits per heavy atom. The molecule has 0 amide bonds. The highest BCUT2D eigenvalue weighted by molar-refractivity contribution is 6.30. The molecule has 0 heterocycles. The molecule has 0 fully saturated rings. The summed E-state index contributed by atoms with van der Waals surface area (Å²) >= 11 is 6.03. The standard InChI is InChI=1S/C23H18ClNO2/c1-26-23-13-18(12-20(15-25)19-8-5-9-21(24)14-19)10-11-22(23)27-16-17-6-3-2-4-7-17/h2-14H,16H2,1H3/b20-12-. The summed E-state index contributed by atoms with van der Waals surface area (Å²) in [6.07, 6.45) is 1.80. The number of nitrogens with zero attached hydrogens (tertiary/aromatic N) is 1. The molecule has 134 valence electrons. The van der Waals surface area contributed by atoms with Crippen molar-refractivity contribution in [1.82, 2.24) is 0 Å². The van der Waals surface area contributed by atoms with Crippen LogP contribution in [0, 0.1) is 11.3 Å². The van der Waals surface area contributed by atoms with E-state index in [2.05, 4.69) is 6.07 Å². The number of benzene rings is 3. The van der Waals surface area contributed by atoms with Crippen LogP contribution in [0.1, 0.15) is 16.7 Å². The Morgan fingerprint density at radius 2 is 1.81 bits per heavy atom. The van der Waals surface area contributed by atoms with Crippen LogP contribution >= 0.6 is 11.6 Å². The third kappa shape index (κ3) is 4.91. The summed E-state index contributed by atoms with van der Waals surface area (Å²) in [5, 5.41) is 10.1. The summed E-state index contributed by atoms with van der Waals surface area (Å²) in [6, 6.07) is 25.0. The zero-order chi connectivity index (χ0) is 19.1. The number of halogens is 1. The van der Waals surface area contributed by atoms with Crippen LogP contribution in [0.3, 0.4) is 0 Å². The predicted molar refractivity (Wildman–Crippen MR) is 109 cm³/mol. The first kappa shape index (κ1) is 18.6. The fourth-order valence-corrected chi connectivity index (χ4v) is 2.82. The van der Waals surface area contributed by atoms with Gasteiger partial charge in [0.1, 0.15) is 6.61 Å². The minimum atomic E-state index is 0.457. The first-order chi connectivity index (χ1) is 13.2. The van der Waals surface area contributed by atoms with Gasteiger partial charge in [-0.25, -0.2) is 0 Å². The molecule has 0 spiro atoms. The maximum Gasteiger partial charge on any atom is 0.161 e. The van der Waals surface area contributed by atoms with Crippen LogP contribution in [0.15, 0.2) is 72.8 Å². The fraction of sp³-hybridized carbons (Fsp3) is 0.0870. The van der Waals surface area contributed by atoms with Crippen molar-refractivity contribution in [3.63, 3.8) is 0 Å². The zero-order valence-corrected chi connectivity index (χ0v) is 15.6. The molecule has 4 heteroatoms. The van der Waals surface area contributed by atoms with Crippen molar-refractivity contribution in [3.8, 4) is 17.6 Å². The molecule has 0 aliphatic heterocycles. The predicted octanol–water partition coefficient (Wildman–Crippen LogP) is 5.99. The van der Waals surface area contributed by atoms with Crippen LogP contribution in [0.25, 0.3) is 11.6 Å². The molecule has 0 saturated heterocycles. The fourth-order valence-electron chi connectivity index (χ4n) is 2.63. The minimum absolute atomic E-state index is 0.457. The molecule has 3 aromatic rings. The van der Waals surface area contributed by atoms with E-state index in [4.69, 9.17) is 21.1 Å². The maximum atomic E-state index is 9.51. The van der Waals surface area contributed by atoms with Gasteiger partial charge >= 0.3 is 0 Å². The zero-order valence-electron chi connectivity index (χ0n) is 14.9. The average Bonchev–Trinajstić information content (AvgIpc) is 2.71. The van der Waals surface area contributed by atoms with Crippen molar-refractivity contribution in [2.24, 2.45) is 0 Å². The topological polar surface area (TPSA) is 42.2 Å². The van der Waals surface area contributed by atoms with Crippen molar-refractivity contribution in [2.75, 3.05) is 7.11 Å². The van der Waals surface area contributed by atoms with E-state index >= 15 is 0 Å². The molecule has 27 heavy (non-hydrogen) atoms. The molecule has 0 saturated carbocycles. The van der Waals surface area contributed by atoms with Gasteiger partial charge in [0, 0.05) is 5.02 Å². The van der Waals surface area contributed by atoms with Crippen LogP contribution in [0.5, 0.6) is 11.5 Å². The summed E-state index contributed by atoms with van der Waals surface area (Å²) in [4.78, 5) is 0. The Morgan fingerprint density at radius 1 is 1.00 bits per heavy atom. The van der Waals surface area contributed by atoms with Crippen LogP contribution < -0.4 is 9.47 Å². The van der Waals surface area contributed by atoms with E-state index in [9.17, 15) is 5.26 Å². The van der Waals surface area contributed by atoms with Gasteiger partial charge in [-0.2, -0.15) is 5.26 Å². The van der Waals surface area contributed by atoms with Gasteiger partial charge < -0.3 is 9.47 Å². The first-order valence-electron chi connectivity index (χ1n) is 8.42. The third-order valence-electron chi connectivity index (χ3n) is 3.99. The highest BCUT2D eigenvalue weighted by Crippen LogP contribution is 2.30. The van der Waals surface area contributed by atoms with Gasteiger partial charge in [0.05, 0.1) is 18.8 Å². The summed E-state index contributed by atoms with van der Waals surface area (Å²) in [5.41, 5.74) is 3.22. The van der Waals surface area contributed by atoms with E-state index in [1.54, 1.807) is 25.3 Å². The molecule has 3 rings (SSSR count). The maximum absolute atomic E-state index is 9.51. The van der Waals surface area contributed by atoms with Gasteiger partial charge in [-0.15, -0.1) is 0 Å². The number of allylic oxidation sites excluding steroid dienone is 1. The second-order valence-electron chi connectivity index (χ2n) is 5.86. The van der Waals surface area contributed by atoms with Crippen molar-refractivity contribution in [3.05, 3.63) is 94.5 Å². The van der Waals surface area contributed by atoms with Gasteiger partial charge in [-0.1, -0.05) is 60.1 Å². The van der Waals surface area contributed by atoms with E-state index < -0.39 is 0 Å². The van der Waals surface area contributed by atoms with Crippen molar-refractivity contribution in [2.45, 2.75) is 6.61 Å². The SMILES string of the molecule is COc1cc(/C=C(/C#N)c2cccc(Cl)c2)ccc1OCc1ccccc1. The van der Waals surface area contributed by atoms with Crippen molar-refractivity contribution in [1.29, 1.82) is 5.26 Å². The number of methoxy groups -OCH3 is 1. The highest BCUT2D eigenvalue weighted by Gasteiger charge is 2.07. The Bertz CT molecular complexity index is 991. The third-order valence-corrected chi connectivity index (χ3v) is 4.23. The number of ether oxygens (including phenoxy) is 2. The Balaban J connectivity index is 1.83. The lowest BCUT2D eigenvalue weighted by molar-refractivity contribution is 0.284. The molecular formula is C23H18ClNO2. The van der Waals surface area contributed by atoms with Crippen LogP contribution in [0.4, 0.5) is 0 Å². The number of hydrogen-bond donors (Lipinski definition) is 0. The molecule has 0 aliphatic rings. The van der Waals surface area contributed by atoms with Gasteiger partial charge in [0.2, 0.25) is 0 Å². The average molecular weight is 376 g/mol. The second kappa shape index (κ2) is 8.93. The van der Waals surface area contributed by atoms with Crippen LogP contribution in [-0.2, 0) is 6.61 Å². The highest BCUT2D eigenvalue weighted by atomic mass is 35.5. The van der Waals surface area contributed by atoms with Gasteiger partial charge in [0.15, 0.2) is 11.5 Å². The monoisotopic (exact) mass is 375 g/mol. The first-order valence-corrected chi connectivity index (χ1v) is 8.80. The van der Waals surface area contributed by atoms with Gasteiger partial charge in [-0.3, -0.25) is 0 Å². The van der Waals surface area contributed by atoms with Crippen molar-refractivity contribution < 1.29 is 9.47 Å². The summed E-state index contributed by atoms with van der Waals surface area (Å²) in [5.74, 6) is 1.27. The lowest BCUT2D eigenvalue weighted by Gasteiger charge is -2.11.